The first kappa shape index (κ1) is 9.98. The molecule has 0 bridgehead atoms. The van der Waals surface area contributed by atoms with Crippen molar-refractivity contribution in [3.05, 3.63) is 51.7 Å². The van der Waals surface area contributed by atoms with E-state index in [0.717, 1.165) is 5.01 Å². The SMILES string of the molecule is O=Cc1c(F)cccc1Cc1nccs1. The van der Waals surface area contributed by atoms with Crippen molar-refractivity contribution in [1.82, 2.24) is 4.98 Å². The van der Waals surface area contributed by atoms with E-state index in [-0.39, 0.29) is 5.56 Å². The topological polar surface area (TPSA) is 30.0 Å². The number of rotatable bonds is 3. The first-order chi connectivity index (χ1) is 7.31. The largest absolute Gasteiger partial charge is 0.298 e. The molecule has 0 fully saturated rings. The van der Waals surface area contributed by atoms with E-state index < -0.39 is 5.82 Å². The minimum Gasteiger partial charge on any atom is -0.298 e. The van der Waals surface area contributed by atoms with Crippen LogP contribution in [0.4, 0.5) is 4.39 Å². The summed E-state index contributed by atoms with van der Waals surface area (Å²) in [7, 11) is 0. The van der Waals surface area contributed by atoms with Gasteiger partial charge in [-0.15, -0.1) is 11.3 Å². The van der Waals surface area contributed by atoms with Crippen LogP contribution in [0.3, 0.4) is 0 Å². The Labute approximate surface area is 90.4 Å². The summed E-state index contributed by atoms with van der Waals surface area (Å²) in [5, 5.41) is 2.73. The number of carbonyl (C=O) groups excluding carboxylic acids is 1. The Bertz CT molecular complexity index is 467. The Balaban J connectivity index is 2.36. The molecular formula is C11H8FNOS. The third kappa shape index (κ3) is 2.10. The van der Waals surface area contributed by atoms with Crippen LogP contribution in [-0.2, 0) is 6.42 Å². The van der Waals surface area contributed by atoms with E-state index in [1.165, 1.54) is 17.4 Å². The Morgan fingerprint density at radius 1 is 1.47 bits per heavy atom. The molecule has 0 amide bonds. The van der Waals surface area contributed by atoms with Crippen LogP contribution in [0.25, 0.3) is 0 Å². The molecule has 0 aliphatic heterocycles. The van der Waals surface area contributed by atoms with Gasteiger partial charge in [-0.3, -0.25) is 4.79 Å². The van der Waals surface area contributed by atoms with Gasteiger partial charge in [0.15, 0.2) is 6.29 Å². The van der Waals surface area contributed by atoms with Gasteiger partial charge in [-0.1, -0.05) is 12.1 Å². The standard InChI is InChI=1S/C11H8FNOS/c12-10-3-1-2-8(9(10)7-14)6-11-13-4-5-15-11/h1-5,7H,6H2. The highest BCUT2D eigenvalue weighted by Crippen LogP contribution is 2.17. The fraction of sp³-hybridized carbons (Fsp3) is 0.0909. The molecule has 0 spiro atoms. The summed E-state index contributed by atoms with van der Waals surface area (Å²) in [6, 6.07) is 4.63. The van der Waals surface area contributed by atoms with E-state index >= 15 is 0 Å². The molecule has 0 aliphatic carbocycles. The molecule has 0 atom stereocenters. The van der Waals surface area contributed by atoms with Crippen LogP contribution in [0.5, 0.6) is 0 Å². The molecule has 1 aromatic heterocycles. The summed E-state index contributed by atoms with van der Waals surface area (Å²) in [5.74, 6) is -0.473. The molecule has 0 saturated heterocycles. The molecule has 2 nitrogen and oxygen atoms in total. The highest BCUT2D eigenvalue weighted by Gasteiger charge is 2.08. The molecule has 0 N–H and O–H groups in total. The van der Waals surface area contributed by atoms with Crippen molar-refractivity contribution in [3.63, 3.8) is 0 Å². The lowest BCUT2D eigenvalue weighted by Gasteiger charge is -2.02. The fourth-order valence-corrected chi connectivity index (χ4v) is 2.01. The molecule has 15 heavy (non-hydrogen) atoms. The second-order valence-corrected chi connectivity index (χ2v) is 4.01. The van der Waals surface area contributed by atoms with Crippen molar-refractivity contribution < 1.29 is 9.18 Å². The lowest BCUT2D eigenvalue weighted by molar-refractivity contribution is 0.111. The number of hydrogen-bond donors (Lipinski definition) is 0. The molecule has 0 radical (unpaired) electrons. The van der Waals surface area contributed by atoms with Crippen LogP contribution in [0.15, 0.2) is 29.8 Å². The number of aromatic nitrogens is 1. The predicted molar refractivity (Wildman–Crippen MR) is 56.7 cm³/mol. The zero-order chi connectivity index (χ0) is 10.7. The summed E-state index contributed by atoms with van der Waals surface area (Å²) in [4.78, 5) is 14.8. The van der Waals surface area contributed by atoms with Gasteiger partial charge in [0.25, 0.3) is 0 Å². The summed E-state index contributed by atoms with van der Waals surface area (Å²) in [5.41, 5.74) is 0.813. The van der Waals surface area contributed by atoms with Gasteiger partial charge >= 0.3 is 0 Å². The summed E-state index contributed by atoms with van der Waals surface area (Å²) >= 11 is 1.49. The molecule has 76 valence electrons. The highest BCUT2D eigenvalue weighted by atomic mass is 32.1. The number of halogens is 1. The monoisotopic (exact) mass is 221 g/mol. The van der Waals surface area contributed by atoms with Gasteiger partial charge in [0.1, 0.15) is 5.82 Å². The fourth-order valence-electron chi connectivity index (χ4n) is 1.37. The van der Waals surface area contributed by atoms with Crippen molar-refractivity contribution >= 4 is 17.6 Å². The van der Waals surface area contributed by atoms with Crippen LogP contribution < -0.4 is 0 Å². The molecule has 1 heterocycles. The maximum Gasteiger partial charge on any atom is 0.153 e. The molecular weight excluding hydrogens is 213 g/mol. The Hall–Kier alpha value is -1.55. The van der Waals surface area contributed by atoms with Gasteiger partial charge in [0.2, 0.25) is 0 Å². The summed E-state index contributed by atoms with van der Waals surface area (Å²) in [6.45, 7) is 0. The smallest absolute Gasteiger partial charge is 0.153 e. The highest BCUT2D eigenvalue weighted by molar-refractivity contribution is 7.09. The first-order valence-electron chi connectivity index (χ1n) is 4.42. The van der Waals surface area contributed by atoms with Gasteiger partial charge in [-0.25, -0.2) is 9.37 Å². The van der Waals surface area contributed by atoms with Crippen molar-refractivity contribution in [1.29, 1.82) is 0 Å². The van der Waals surface area contributed by atoms with E-state index in [2.05, 4.69) is 4.98 Å². The average Bonchev–Trinajstić information content (AvgIpc) is 2.71. The Kier molecular flexibility index (Phi) is 2.87. The third-order valence-electron chi connectivity index (χ3n) is 2.09. The van der Waals surface area contributed by atoms with Crippen molar-refractivity contribution in [3.8, 4) is 0 Å². The third-order valence-corrected chi connectivity index (χ3v) is 2.87. The van der Waals surface area contributed by atoms with Crippen LogP contribution >= 0.6 is 11.3 Å². The van der Waals surface area contributed by atoms with E-state index in [4.69, 9.17) is 0 Å². The number of aldehydes is 1. The van der Waals surface area contributed by atoms with E-state index in [1.807, 2.05) is 5.38 Å². The Morgan fingerprint density at radius 2 is 2.33 bits per heavy atom. The van der Waals surface area contributed by atoms with Crippen molar-refractivity contribution in [2.75, 3.05) is 0 Å². The van der Waals surface area contributed by atoms with E-state index in [9.17, 15) is 9.18 Å². The van der Waals surface area contributed by atoms with Crippen LogP contribution in [0, 0.1) is 5.82 Å². The molecule has 0 unspecified atom stereocenters. The maximum atomic E-state index is 13.2. The molecule has 4 heteroatoms. The lowest BCUT2D eigenvalue weighted by atomic mass is 10.1. The van der Waals surface area contributed by atoms with Gasteiger partial charge in [0.05, 0.1) is 10.6 Å². The minimum absolute atomic E-state index is 0.132. The van der Waals surface area contributed by atoms with Crippen LogP contribution in [0.2, 0.25) is 0 Å². The normalized spacial score (nSPS) is 10.2. The predicted octanol–water partition coefficient (Wildman–Crippen LogP) is 2.69. The second kappa shape index (κ2) is 4.31. The zero-order valence-corrected chi connectivity index (χ0v) is 8.63. The Morgan fingerprint density at radius 3 is 3.00 bits per heavy atom. The molecule has 0 aliphatic rings. The number of benzene rings is 1. The summed E-state index contributed by atoms with van der Waals surface area (Å²) < 4.78 is 13.2. The van der Waals surface area contributed by atoms with Crippen LogP contribution in [0.1, 0.15) is 20.9 Å². The van der Waals surface area contributed by atoms with E-state index in [0.29, 0.717) is 18.3 Å². The number of hydrogen-bond acceptors (Lipinski definition) is 3. The quantitative estimate of drug-likeness (QED) is 0.746. The zero-order valence-electron chi connectivity index (χ0n) is 7.81. The number of nitrogens with zero attached hydrogens (tertiary/aromatic N) is 1. The minimum atomic E-state index is -0.473. The maximum absolute atomic E-state index is 13.2. The first-order valence-corrected chi connectivity index (χ1v) is 5.30. The van der Waals surface area contributed by atoms with Crippen molar-refractivity contribution in [2.24, 2.45) is 0 Å². The van der Waals surface area contributed by atoms with Crippen molar-refractivity contribution in [2.45, 2.75) is 6.42 Å². The van der Waals surface area contributed by atoms with Gasteiger partial charge in [-0.2, -0.15) is 0 Å². The number of carbonyl (C=O) groups is 1. The summed E-state index contributed by atoms with van der Waals surface area (Å²) in [6.07, 6.45) is 2.75. The molecule has 2 aromatic rings. The molecule has 1 aromatic carbocycles. The van der Waals surface area contributed by atoms with Gasteiger partial charge in [0, 0.05) is 18.0 Å². The second-order valence-electron chi connectivity index (χ2n) is 3.03. The average molecular weight is 221 g/mol. The van der Waals surface area contributed by atoms with Crippen LogP contribution in [-0.4, -0.2) is 11.3 Å². The molecule has 2 rings (SSSR count). The number of thiazole rings is 1. The van der Waals surface area contributed by atoms with Gasteiger partial charge in [-0.05, 0) is 11.6 Å². The van der Waals surface area contributed by atoms with Gasteiger partial charge < -0.3 is 0 Å². The molecule has 0 saturated carbocycles. The van der Waals surface area contributed by atoms with E-state index in [1.54, 1.807) is 18.3 Å². The lowest BCUT2D eigenvalue weighted by Crippen LogP contribution is -1.97.